The lowest BCUT2D eigenvalue weighted by atomic mass is 10.0. The summed E-state index contributed by atoms with van der Waals surface area (Å²) >= 11 is 0. The molecule has 0 saturated heterocycles. The summed E-state index contributed by atoms with van der Waals surface area (Å²) in [4.78, 5) is 35.0. The maximum Gasteiger partial charge on any atom is 0.472 e. The number of phosphoric ester groups is 1. The summed E-state index contributed by atoms with van der Waals surface area (Å²) in [7, 11) is -4.38. The number of phosphoric acid groups is 1. The highest BCUT2D eigenvalue weighted by atomic mass is 31.2. The zero-order chi connectivity index (χ0) is 42.5. The molecular formula is C48H92NO8P. The van der Waals surface area contributed by atoms with Crippen LogP contribution in [0.5, 0.6) is 0 Å². The largest absolute Gasteiger partial charge is 0.472 e. The number of carbonyl (C=O) groups is 2. The zero-order valence-corrected chi connectivity index (χ0v) is 38.7. The minimum absolute atomic E-state index is 0.0537. The van der Waals surface area contributed by atoms with Gasteiger partial charge in [0.05, 0.1) is 13.2 Å². The van der Waals surface area contributed by atoms with Crippen LogP contribution in [-0.4, -0.2) is 49.3 Å². The van der Waals surface area contributed by atoms with Crippen LogP contribution in [0.3, 0.4) is 0 Å². The second kappa shape index (κ2) is 45.0. The van der Waals surface area contributed by atoms with Gasteiger partial charge in [0.2, 0.25) is 0 Å². The third kappa shape index (κ3) is 44.1. The number of carbonyl (C=O) groups excluding carboxylic acids is 2. The van der Waals surface area contributed by atoms with Gasteiger partial charge in [0.1, 0.15) is 6.61 Å². The Morgan fingerprint density at radius 3 is 1.34 bits per heavy atom. The van der Waals surface area contributed by atoms with Crippen molar-refractivity contribution in [3.63, 3.8) is 0 Å². The SMILES string of the molecule is CCCCC/C=C\C/C=C\CCCCCCCCCC(=O)OC(COC(=O)CCCCCCCCCCCCCCCCCCCCCC)COP(=O)(O)OCCN. The van der Waals surface area contributed by atoms with Crippen LogP contribution < -0.4 is 5.73 Å². The number of nitrogens with two attached hydrogens (primary N) is 1. The van der Waals surface area contributed by atoms with Crippen LogP contribution in [0.2, 0.25) is 0 Å². The number of allylic oxidation sites excluding steroid dienone is 4. The number of esters is 2. The molecule has 58 heavy (non-hydrogen) atoms. The fourth-order valence-electron chi connectivity index (χ4n) is 6.96. The van der Waals surface area contributed by atoms with Crippen molar-refractivity contribution >= 4 is 19.8 Å². The summed E-state index contributed by atoms with van der Waals surface area (Å²) < 4.78 is 32.9. The molecule has 0 radical (unpaired) electrons. The summed E-state index contributed by atoms with van der Waals surface area (Å²) in [5, 5.41) is 0. The Labute approximate surface area is 357 Å². The Kier molecular flexibility index (Phi) is 43.9. The lowest BCUT2D eigenvalue weighted by Crippen LogP contribution is -2.29. The van der Waals surface area contributed by atoms with Gasteiger partial charge in [0.15, 0.2) is 6.10 Å². The van der Waals surface area contributed by atoms with Crippen LogP contribution in [0.15, 0.2) is 24.3 Å². The third-order valence-electron chi connectivity index (χ3n) is 10.6. The molecule has 0 saturated carbocycles. The van der Waals surface area contributed by atoms with Crippen LogP contribution in [0, 0.1) is 0 Å². The van der Waals surface area contributed by atoms with Crippen LogP contribution in [-0.2, 0) is 32.7 Å². The molecule has 2 atom stereocenters. The molecule has 0 bridgehead atoms. The number of hydrogen-bond donors (Lipinski definition) is 2. The van der Waals surface area contributed by atoms with E-state index >= 15 is 0 Å². The van der Waals surface area contributed by atoms with E-state index in [1.54, 1.807) is 0 Å². The average molecular weight is 842 g/mol. The van der Waals surface area contributed by atoms with Gasteiger partial charge in [-0.05, 0) is 44.9 Å². The van der Waals surface area contributed by atoms with Crippen LogP contribution in [0.4, 0.5) is 0 Å². The number of rotatable bonds is 46. The molecule has 0 rings (SSSR count). The van der Waals surface area contributed by atoms with E-state index in [1.807, 2.05) is 0 Å². The molecular weight excluding hydrogens is 750 g/mol. The number of ether oxygens (including phenoxy) is 2. The highest BCUT2D eigenvalue weighted by Gasteiger charge is 2.26. The minimum atomic E-state index is -4.38. The van der Waals surface area contributed by atoms with E-state index in [1.165, 1.54) is 154 Å². The lowest BCUT2D eigenvalue weighted by molar-refractivity contribution is -0.161. The topological polar surface area (TPSA) is 134 Å². The first-order chi connectivity index (χ1) is 28.3. The van der Waals surface area contributed by atoms with E-state index in [-0.39, 0.29) is 38.6 Å². The fraction of sp³-hybridized carbons (Fsp3) is 0.875. The van der Waals surface area contributed by atoms with Crippen molar-refractivity contribution in [2.45, 2.75) is 245 Å². The first-order valence-corrected chi connectivity index (χ1v) is 25.8. The molecule has 0 aromatic rings. The molecule has 10 heteroatoms. The van der Waals surface area contributed by atoms with Gasteiger partial charge in [-0.15, -0.1) is 0 Å². The van der Waals surface area contributed by atoms with Crippen molar-refractivity contribution in [2.24, 2.45) is 5.73 Å². The Balaban J connectivity index is 4.05. The molecule has 0 aliphatic carbocycles. The summed E-state index contributed by atoms with van der Waals surface area (Å²) in [6.45, 7) is 3.74. The van der Waals surface area contributed by atoms with Gasteiger partial charge in [-0.1, -0.05) is 205 Å². The van der Waals surface area contributed by atoms with Gasteiger partial charge in [-0.2, -0.15) is 0 Å². The van der Waals surface area contributed by atoms with Crippen molar-refractivity contribution in [2.75, 3.05) is 26.4 Å². The van der Waals surface area contributed by atoms with Crippen molar-refractivity contribution in [1.82, 2.24) is 0 Å². The Hall–Kier alpha value is -1.51. The molecule has 3 N–H and O–H groups in total. The van der Waals surface area contributed by atoms with Gasteiger partial charge in [-0.3, -0.25) is 18.6 Å². The maximum atomic E-state index is 12.6. The normalized spacial score (nSPS) is 13.4. The number of unbranched alkanes of at least 4 members (excludes halogenated alkanes) is 29. The van der Waals surface area contributed by atoms with E-state index in [4.69, 9.17) is 24.3 Å². The third-order valence-corrected chi connectivity index (χ3v) is 11.6. The van der Waals surface area contributed by atoms with Gasteiger partial charge >= 0.3 is 19.8 Å². The van der Waals surface area contributed by atoms with E-state index in [9.17, 15) is 19.0 Å². The zero-order valence-electron chi connectivity index (χ0n) is 37.8. The summed E-state index contributed by atoms with van der Waals surface area (Å²) in [6, 6.07) is 0. The predicted molar refractivity (Wildman–Crippen MR) is 243 cm³/mol. The summed E-state index contributed by atoms with van der Waals surface area (Å²) in [5.74, 6) is -0.826. The molecule has 0 amide bonds. The molecule has 2 unspecified atom stereocenters. The monoisotopic (exact) mass is 842 g/mol. The lowest BCUT2D eigenvalue weighted by Gasteiger charge is -2.19. The van der Waals surface area contributed by atoms with E-state index in [0.29, 0.717) is 6.42 Å². The maximum absolute atomic E-state index is 12.6. The molecule has 0 spiro atoms. The predicted octanol–water partition coefficient (Wildman–Crippen LogP) is 14.3. The van der Waals surface area contributed by atoms with Crippen LogP contribution in [0.25, 0.3) is 0 Å². The molecule has 0 fully saturated rings. The minimum Gasteiger partial charge on any atom is -0.462 e. The van der Waals surface area contributed by atoms with E-state index in [2.05, 4.69) is 38.2 Å². The van der Waals surface area contributed by atoms with Crippen LogP contribution in [0.1, 0.15) is 239 Å². The Bertz CT molecular complexity index is 1010. The van der Waals surface area contributed by atoms with Crippen molar-refractivity contribution < 1.29 is 37.6 Å². The second-order valence-electron chi connectivity index (χ2n) is 16.3. The molecule has 0 heterocycles. The first kappa shape index (κ1) is 56.5. The van der Waals surface area contributed by atoms with Crippen molar-refractivity contribution in [3.05, 3.63) is 24.3 Å². The van der Waals surface area contributed by atoms with Crippen molar-refractivity contribution in [3.8, 4) is 0 Å². The van der Waals surface area contributed by atoms with Gasteiger partial charge in [0, 0.05) is 19.4 Å². The smallest absolute Gasteiger partial charge is 0.462 e. The van der Waals surface area contributed by atoms with Gasteiger partial charge in [-0.25, -0.2) is 4.57 Å². The molecule has 0 aromatic carbocycles. The summed E-state index contributed by atoms with van der Waals surface area (Å²) in [5.41, 5.74) is 5.36. The van der Waals surface area contributed by atoms with Gasteiger partial charge < -0.3 is 20.1 Å². The van der Waals surface area contributed by atoms with Gasteiger partial charge in [0.25, 0.3) is 0 Å². The second-order valence-corrected chi connectivity index (χ2v) is 17.8. The molecule has 0 aromatic heterocycles. The summed E-state index contributed by atoms with van der Waals surface area (Å²) in [6.07, 6.45) is 49.2. The Morgan fingerprint density at radius 2 is 0.897 bits per heavy atom. The Morgan fingerprint density at radius 1 is 0.517 bits per heavy atom. The first-order valence-electron chi connectivity index (χ1n) is 24.3. The molecule has 342 valence electrons. The highest BCUT2D eigenvalue weighted by molar-refractivity contribution is 7.47. The molecule has 0 aliphatic rings. The van der Waals surface area contributed by atoms with E-state index in [0.717, 1.165) is 51.4 Å². The average Bonchev–Trinajstić information content (AvgIpc) is 3.21. The highest BCUT2D eigenvalue weighted by Crippen LogP contribution is 2.43. The molecule has 0 aliphatic heterocycles. The standard InChI is InChI=1S/C48H92NO8P/c1-3-5-7-9-11-13-15-17-19-21-22-23-25-26-28-30-32-34-36-38-40-47(50)54-44-46(45-56-58(52,53)55-43-42-49)57-48(51)41-39-37-35-33-31-29-27-24-20-18-16-14-12-10-8-6-4-2/h12,14,18,20,46H,3-11,13,15-17,19,21-45,49H2,1-2H3,(H,52,53)/b14-12-,20-18-. The fourth-order valence-corrected chi connectivity index (χ4v) is 7.73. The molecule has 9 nitrogen and oxygen atoms in total. The quantitative estimate of drug-likeness (QED) is 0.0266. The van der Waals surface area contributed by atoms with Crippen LogP contribution >= 0.6 is 7.82 Å². The van der Waals surface area contributed by atoms with Crippen molar-refractivity contribution in [1.29, 1.82) is 0 Å². The number of hydrogen-bond acceptors (Lipinski definition) is 8. The van der Waals surface area contributed by atoms with E-state index < -0.39 is 26.5 Å².